The number of aliphatic hydroxyl groups excluding tert-OH is 1. The van der Waals surface area contributed by atoms with Crippen molar-refractivity contribution in [1.82, 2.24) is 0 Å². The van der Waals surface area contributed by atoms with Crippen molar-refractivity contribution in [2.45, 2.75) is 52.4 Å². The molecule has 0 aromatic carbocycles. The highest BCUT2D eigenvalue weighted by Crippen LogP contribution is 2.47. The third-order valence-corrected chi connectivity index (χ3v) is 4.12. The van der Waals surface area contributed by atoms with Gasteiger partial charge in [-0.15, -0.1) is 0 Å². The van der Waals surface area contributed by atoms with E-state index in [2.05, 4.69) is 13.8 Å². The molecule has 2 aliphatic carbocycles. The van der Waals surface area contributed by atoms with Gasteiger partial charge in [0.25, 0.3) is 0 Å². The molecule has 0 radical (unpaired) electrons. The van der Waals surface area contributed by atoms with E-state index in [4.69, 9.17) is 0 Å². The van der Waals surface area contributed by atoms with Crippen molar-refractivity contribution < 1.29 is 5.11 Å². The average Bonchev–Trinajstić information content (AvgIpc) is 2.16. The third-order valence-electron chi connectivity index (χ3n) is 4.12. The van der Waals surface area contributed by atoms with Crippen LogP contribution in [-0.4, -0.2) is 11.7 Å². The summed E-state index contributed by atoms with van der Waals surface area (Å²) in [6.07, 6.45) is 7.64. The average molecular weight is 194 g/mol. The summed E-state index contributed by atoms with van der Waals surface area (Å²) in [6, 6.07) is 0. The van der Waals surface area contributed by atoms with Gasteiger partial charge in [0.2, 0.25) is 0 Å². The van der Waals surface area contributed by atoms with Crippen molar-refractivity contribution in [3.05, 3.63) is 11.1 Å². The van der Waals surface area contributed by atoms with Crippen LogP contribution in [0.15, 0.2) is 11.1 Å². The standard InChI is InChI=1S/C13H22O/c1-13(2)7-3-4-11-8-10(9-14)5-6-12(11)13/h10,14H,3-9H2,1-2H3. The highest BCUT2D eigenvalue weighted by molar-refractivity contribution is 5.26. The summed E-state index contributed by atoms with van der Waals surface area (Å²) in [5.41, 5.74) is 3.87. The van der Waals surface area contributed by atoms with Crippen molar-refractivity contribution >= 4 is 0 Å². The molecule has 0 aromatic heterocycles. The largest absolute Gasteiger partial charge is 0.396 e. The highest BCUT2D eigenvalue weighted by atomic mass is 16.3. The minimum Gasteiger partial charge on any atom is -0.396 e. The van der Waals surface area contributed by atoms with Crippen LogP contribution >= 0.6 is 0 Å². The number of hydrogen-bond donors (Lipinski definition) is 1. The Morgan fingerprint density at radius 1 is 1.36 bits per heavy atom. The third kappa shape index (κ3) is 1.75. The summed E-state index contributed by atoms with van der Waals surface area (Å²) < 4.78 is 0. The van der Waals surface area contributed by atoms with Gasteiger partial charge in [-0.25, -0.2) is 0 Å². The molecule has 14 heavy (non-hydrogen) atoms. The Labute approximate surface area is 87.2 Å². The van der Waals surface area contributed by atoms with Crippen LogP contribution in [0.2, 0.25) is 0 Å². The fourth-order valence-corrected chi connectivity index (χ4v) is 3.22. The molecule has 1 heteroatoms. The molecular weight excluding hydrogens is 172 g/mol. The van der Waals surface area contributed by atoms with Crippen molar-refractivity contribution in [3.8, 4) is 0 Å². The van der Waals surface area contributed by atoms with Gasteiger partial charge < -0.3 is 5.11 Å². The van der Waals surface area contributed by atoms with Crippen molar-refractivity contribution in [2.75, 3.05) is 6.61 Å². The second-order valence-corrected chi connectivity index (χ2v) is 5.61. The van der Waals surface area contributed by atoms with Gasteiger partial charge >= 0.3 is 0 Å². The predicted octanol–water partition coefficient (Wildman–Crippen LogP) is 3.29. The van der Waals surface area contributed by atoms with E-state index in [1.807, 2.05) is 0 Å². The zero-order valence-corrected chi connectivity index (χ0v) is 9.47. The topological polar surface area (TPSA) is 20.2 Å². The summed E-state index contributed by atoms with van der Waals surface area (Å²) in [6.45, 7) is 5.17. The molecule has 80 valence electrons. The lowest BCUT2D eigenvalue weighted by Gasteiger charge is -2.40. The first-order valence-corrected chi connectivity index (χ1v) is 5.96. The molecule has 0 fully saturated rings. The zero-order chi connectivity index (χ0) is 10.2. The zero-order valence-electron chi connectivity index (χ0n) is 9.47. The molecule has 0 amide bonds. The van der Waals surface area contributed by atoms with Gasteiger partial charge in [-0.1, -0.05) is 25.0 Å². The van der Waals surface area contributed by atoms with E-state index in [9.17, 15) is 5.11 Å². The Morgan fingerprint density at radius 2 is 2.14 bits per heavy atom. The molecule has 0 spiro atoms. The van der Waals surface area contributed by atoms with E-state index >= 15 is 0 Å². The van der Waals surface area contributed by atoms with Crippen LogP contribution in [0.25, 0.3) is 0 Å². The Balaban J connectivity index is 2.21. The van der Waals surface area contributed by atoms with E-state index in [0.717, 1.165) is 0 Å². The molecule has 1 atom stereocenters. The highest BCUT2D eigenvalue weighted by Gasteiger charge is 2.33. The van der Waals surface area contributed by atoms with Gasteiger partial charge in [0.15, 0.2) is 0 Å². The fraction of sp³-hybridized carbons (Fsp3) is 0.846. The predicted molar refractivity (Wildman–Crippen MR) is 59.1 cm³/mol. The summed E-state index contributed by atoms with van der Waals surface area (Å²) >= 11 is 0. The molecule has 1 N–H and O–H groups in total. The van der Waals surface area contributed by atoms with Crippen LogP contribution in [0.4, 0.5) is 0 Å². The molecular formula is C13H22O. The maximum atomic E-state index is 9.19. The van der Waals surface area contributed by atoms with Crippen LogP contribution in [-0.2, 0) is 0 Å². The molecule has 0 bridgehead atoms. The number of aliphatic hydroxyl groups is 1. The van der Waals surface area contributed by atoms with Gasteiger partial charge in [-0.05, 0) is 49.9 Å². The van der Waals surface area contributed by atoms with Crippen LogP contribution in [0.5, 0.6) is 0 Å². The van der Waals surface area contributed by atoms with E-state index in [1.54, 1.807) is 11.1 Å². The Morgan fingerprint density at radius 3 is 2.86 bits per heavy atom. The van der Waals surface area contributed by atoms with Crippen LogP contribution < -0.4 is 0 Å². The van der Waals surface area contributed by atoms with Crippen molar-refractivity contribution in [2.24, 2.45) is 11.3 Å². The van der Waals surface area contributed by atoms with Gasteiger partial charge in [0.1, 0.15) is 0 Å². The Hall–Kier alpha value is -0.300. The van der Waals surface area contributed by atoms with Crippen LogP contribution in [0, 0.1) is 11.3 Å². The minimum absolute atomic E-state index is 0.386. The monoisotopic (exact) mass is 194 g/mol. The summed E-state index contributed by atoms with van der Waals surface area (Å²) in [5, 5.41) is 9.19. The fourth-order valence-electron chi connectivity index (χ4n) is 3.22. The molecule has 0 heterocycles. The Bertz CT molecular complexity index is 250. The Kier molecular flexibility index (Phi) is 2.70. The summed E-state index contributed by atoms with van der Waals surface area (Å²) in [4.78, 5) is 0. The van der Waals surface area contributed by atoms with Gasteiger partial charge in [-0.2, -0.15) is 0 Å². The molecule has 2 aliphatic rings. The number of rotatable bonds is 1. The van der Waals surface area contributed by atoms with Gasteiger partial charge in [0, 0.05) is 6.61 Å². The van der Waals surface area contributed by atoms with E-state index in [1.165, 1.54) is 38.5 Å². The van der Waals surface area contributed by atoms with E-state index < -0.39 is 0 Å². The molecule has 1 nitrogen and oxygen atoms in total. The lowest BCUT2D eigenvalue weighted by atomic mass is 9.66. The second-order valence-electron chi connectivity index (χ2n) is 5.61. The normalized spacial score (nSPS) is 31.5. The molecule has 1 unspecified atom stereocenters. The molecule has 0 aliphatic heterocycles. The minimum atomic E-state index is 0.386. The maximum Gasteiger partial charge on any atom is 0.0462 e. The lowest BCUT2D eigenvalue weighted by molar-refractivity contribution is 0.200. The quantitative estimate of drug-likeness (QED) is 0.635. The van der Waals surface area contributed by atoms with Crippen molar-refractivity contribution in [1.29, 1.82) is 0 Å². The van der Waals surface area contributed by atoms with Crippen LogP contribution in [0.3, 0.4) is 0 Å². The van der Waals surface area contributed by atoms with E-state index in [-0.39, 0.29) is 0 Å². The SMILES string of the molecule is CC1(C)CCCC2=C1CCC(CO)C2. The van der Waals surface area contributed by atoms with Gasteiger partial charge in [-0.3, -0.25) is 0 Å². The first-order chi connectivity index (χ1) is 6.63. The molecule has 0 saturated carbocycles. The van der Waals surface area contributed by atoms with E-state index in [0.29, 0.717) is 17.9 Å². The summed E-state index contributed by atoms with van der Waals surface area (Å²) in [7, 11) is 0. The van der Waals surface area contributed by atoms with Crippen LogP contribution in [0.1, 0.15) is 52.4 Å². The molecule has 0 aromatic rings. The molecule has 0 saturated heterocycles. The first-order valence-electron chi connectivity index (χ1n) is 5.96. The van der Waals surface area contributed by atoms with Crippen molar-refractivity contribution in [3.63, 3.8) is 0 Å². The molecule has 2 rings (SSSR count). The number of allylic oxidation sites excluding steroid dienone is 2. The lowest BCUT2D eigenvalue weighted by Crippen LogP contribution is -2.26. The first kappa shape index (κ1) is 10.2. The second kappa shape index (κ2) is 3.69. The van der Waals surface area contributed by atoms with Gasteiger partial charge in [0.05, 0.1) is 0 Å². The smallest absolute Gasteiger partial charge is 0.0462 e. The maximum absolute atomic E-state index is 9.19. The number of hydrogen-bond acceptors (Lipinski definition) is 1. The summed E-state index contributed by atoms with van der Waals surface area (Å²) in [5.74, 6) is 0.558.